The number of hydrogen-bond acceptors (Lipinski definition) is 4. The second-order valence-electron chi connectivity index (χ2n) is 5.40. The fraction of sp³-hybridized carbons (Fsp3) is 0.357. The molecule has 5 nitrogen and oxygen atoms in total. The van der Waals surface area contributed by atoms with Crippen molar-refractivity contribution in [3.05, 3.63) is 35.9 Å². The first-order chi connectivity index (χ1) is 8.88. The van der Waals surface area contributed by atoms with Crippen LogP contribution >= 0.6 is 0 Å². The predicted octanol–water partition coefficient (Wildman–Crippen LogP) is 2.57. The van der Waals surface area contributed by atoms with Crippen LogP contribution in [0.15, 0.2) is 29.0 Å². The normalized spacial score (nSPS) is 11.4. The van der Waals surface area contributed by atoms with Gasteiger partial charge in [0, 0.05) is 23.5 Å². The predicted molar refractivity (Wildman–Crippen MR) is 71.7 cm³/mol. The number of aromatic nitrogens is 2. The molecule has 0 saturated heterocycles. The van der Waals surface area contributed by atoms with Crippen LogP contribution in [0.1, 0.15) is 36.9 Å². The van der Waals surface area contributed by atoms with Crippen molar-refractivity contribution < 1.29 is 9.32 Å². The molecular formula is C14H17N3O2. The van der Waals surface area contributed by atoms with Crippen molar-refractivity contribution in [2.75, 3.05) is 0 Å². The molecule has 0 spiro atoms. The monoisotopic (exact) mass is 259 g/mol. The van der Waals surface area contributed by atoms with Crippen molar-refractivity contribution in [1.29, 1.82) is 0 Å². The number of rotatable bonds is 2. The summed E-state index contributed by atoms with van der Waals surface area (Å²) in [5, 5.41) is 6.89. The lowest BCUT2D eigenvalue weighted by molar-refractivity contribution is 0.0918. The summed E-state index contributed by atoms with van der Waals surface area (Å²) in [6.45, 7) is 7.52. The smallest absolute Gasteiger partial charge is 0.257 e. The average molecular weight is 259 g/mol. The van der Waals surface area contributed by atoms with E-state index in [4.69, 9.17) is 4.52 Å². The summed E-state index contributed by atoms with van der Waals surface area (Å²) in [5.41, 5.74) is 1.52. The first-order valence-corrected chi connectivity index (χ1v) is 6.07. The molecule has 0 aromatic carbocycles. The number of carbonyl (C=O) groups is 1. The zero-order valence-corrected chi connectivity index (χ0v) is 11.5. The number of nitrogens with one attached hydrogen (secondary N) is 1. The van der Waals surface area contributed by atoms with Crippen LogP contribution in [-0.4, -0.2) is 21.6 Å². The molecular weight excluding hydrogens is 242 g/mol. The Bertz CT molecular complexity index is 582. The van der Waals surface area contributed by atoms with Crippen LogP contribution in [0.25, 0.3) is 11.3 Å². The van der Waals surface area contributed by atoms with E-state index in [9.17, 15) is 4.79 Å². The molecule has 2 aromatic rings. The Hall–Kier alpha value is -2.17. The molecule has 0 bridgehead atoms. The molecule has 0 aliphatic heterocycles. The zero-order valence-electron chi connectivity index (χ0n) is 11.5. The number of pyridine rings is 1. The third kappa shape index (κ3) is 2.99. The van der Waals surface area contributed by atoms with Gasteiger partial charge in [-0.3, -0.25) is 9.78 Å². The van der Waals surface area contributed by atoms with Crippen LogP contribution in [0.5, 0.6) is 0 Å². The van der Waals surface area contributed by atoms with Crippen molar-refractivity contribution >= 4 is 5.91 Å². The van der Waals surface area contributed by atoms with Gasteiger partial charge in [0.15, 0.2) is 0 Å². The van der Waals surface area contributed by atoms with Gasteiger partial charge < -0.3 is 9.84 Å². The van der Waals surface area contributed by atoms with E-state index in [1.54, 1.807) is 31.5 Å². The SMILES string of the molecule is Cc1onc(-c2ccncc2)c1C(=O)NC(C)(C)C. The second kappa shape index (κ2) is 4.84. The maximum Gasteiger partial charge on any atom is 0.257 e. The Morgan fingerprint density at radius 3 is 2.47 bits per heavy atom. The quantitative estimate of drug-likeness (QED) is 0.900. The van der Waals surface area contributed by atoms with Crippen LogP contribution in [0.2, 0.25) is 0 Å². The van der Waals surface area contributed by atoms with E-state index >= 15 is 0 Å². The summed E-state index contributed by atoms with van der Waals surface area (Å²) in [5.74, 6) is 0.326. The van der Waals surface area contributed by atoms with E-state index in [0.29, 0.717) is 17.0 Å². The molecule has 0 aliphatic carbocycles. The highest BCUT2D eigenvalue weighted by Crippen LogP contribution is 2.25. The van der Waals surface area contributed by atoms with Gasteiger partial charge in [0.25, 0.3) is 5.91 Å². The van der Waals surface area contributed by atoms with Crippen molar-refractivity contribution in [3.8, 4) is 11.3 Å². The molecule has 0 fully saturated rings. The van der Waals surface area contributed by atoms with Crippen molar-refractivity contribution in [2.24, 2.45) is 0 Å². The molecule has 2 rings (SSSR count). The van der Waals surface area contributed by atoms with Gasteiger partial charge in [0.1, 0.15) is 17.0 Å². The molecule has 0 aliphatic rings. The van der Waals surface area contributed by atoms with Gasteiger partial charge >= 0.3 is 0 Å². The van der Waals surface area contributed by atoms with Crippen molar-refractivity contribution in [2.45, 2.75) is 33.2 Å². The minimum absolute atomic E-state index is 0.182. The Morgan fingerprint density at radius 1 is 1.26 bits per heavy atom. The van der Waals surface area contributed by atoms with Gasteiger partial charge in [-0.1, -0.05) is 5.16 Å². The van der Waals surface area contributed by atoms with Crippen molar-refractivity contribution in [3.63, 3.8) is 0 Å². The Balaban J connectivity index is 2.42. The summed E-state index contributed by atoms with van der Waals surface area (Å²) < 4.78 is 5.15. The standard InChI is InChI=1S/C14H17N3O2/c1-9-11(13(18)16-14(2,3)4)12(17-19-9)10-5-7-15-8-6-10/h5-8H,1-4H3,(H,16,18). The summed E-state index contributed by atoms with van der Waals surface area (Å²) in [6.07, 6.45) is 3.32. The molecule has 2 aromatic heterocycles. The number of amides is 1. The Labute approximate surface area is 112 Å². The molecule has 2 heterocycles. The van der Waals surface area contributed by atoms with Gasteiger partial charge in [-0.25, -0.2) is 0 Å². The summed E-state index contributed by atoms with van der Waals surface area (Å²) in [6, 6.07) is 3.59. The molecule has 5 heteroatoms. The third-order valence-corrected chi connectivity index (χ3v) is 2.53. The van der Waals surface area contributed by atoms with E-state index < -0.39 is 0 Å². The van der Waals surface area contributed by atoms with Gasteiger partial charge in [-0.15, -0.1) is 0 Å². The molecule has 0 saturated carbocycles. The maximum atomic E-state index is 12.3. The highest BCUT2D eigenvalue weighted by Gasteiger charge is 2.24. The lowest BCUT2D eigenvalue weighted by atomic mass is 10.0. The maximum absolute atomic E-state index is 12.3. The van der Waals surface area contributed by atoms with Crippen LogP contribution in [0, 0.1) is 6.92 Å². The first kappa shape index (κ1) is 13.3. The molecule has 100 valence electrons. The van der Waals surface area contributed by atoms with Crippen LogP contribution in [0.3, 0.4) is 0 Å². The molecule has 1 amide bonds. The topological polar surface area (TPSA) is 68.0 Å². The van der Waals surface area contributed by atoms with E-state index in [-0.39, 0.29) is 11.4 Å². The average Bonchev–Trinajstić information content (AvgIpc) is 2.70. The van der Waals surface area contributed by atoms with Gasteiger partial charge in [0.2, 0.25) is 0 Å². The Morgan fingerprint density at radius 2 is 1.89 bits per heavy atom. The van der Waals surface area contributed by atoms with E-state index in [2.05, 4.69) is 15.5 Å². The molecule has 0 unspecified atom stereocenters. The Kier molecular flexibility index (Phi) is 3.38. The first-order valence-electron chi connectivity index (χ1n) is 6.07. The van der Waals surface area contributed by atoms with Crippen molar-refractivity contribution in [1.82, 2.24) is 15.5 Å². The van der Waals surface area contributed by atoms with Crippen LogP contribution in [0.4, 0.5) is 0 Å². The van der Waals surface area contributed by atoms with Crippen LogP contribution < -0.4 is 5.32 Å². The second-order valence-corrected chi connectivity index (χ2v) is 5.40. The zero-order chi connectivity index (χ0) is 14.0. The minimum atomic E-state index is -0.309. The fourth-order valence-corrected chi connectivity index (χ4v) is 1.75. The summed E-state index contributed by atoms with van der Waals surface area (Å²) in [4.78, 5) is 16.3. The minimum Gasteiger partial charge on any atom is -0.360 e. The lowest BCUT2D eigenvalue weighted by Gasteiger charge is -2.20. The molecule has 1 N–H and O–H groups in total. The highest BCUT2D eigenvalue weighted by atomic mass is 16.5. The van der Waals surface area contributed by atoms with E-state index in [1.807, 2.05) is 20.8 Å². The molecule has 0 radical (unpaired) electrons. The molecule has 19 heavy (non-hydrogen) atoms. The van der Waals surface area contributed by atoms with E-state index in [0.717, 1.165) is 5.56 Å². The summed E-state index contributed by atoms with van der Waals surface area (Å²) in [7, 11) is 0. The number of nitrogens with zero attached hydrogens (tertiary/aromatic N) is 2. The summed E-state index contributed by atoms with van der Waals surface area (Å²) >= 11 is 0. The third-order valence-electron chi connectivity index (χ3n) is 2.53. The van der Waals surface area contributed by atoms with Gasteiger partial charge in [-0.2, -0.15) is 0 Å². The molecule has 0 atom stereocenters. The van der Waals surface area contributed by atoms with Gasteiger partial charge in [0.05, 0.1) is 0 Å². The number of aryl methyl sites for hydroxylation is 1. The largest absolute Gasteiger partial charge is 0.360 e. The number of hydrogen-bond donors (Lipinski definition) is 1. The van der Waals surface area contributed by atoms with E-state index in [1.165, 1.54) is 0 Å². The van der Waals surface area contributed by atoms with Gasteiger partial charge in [-0.05, 0) is 39.8 Å². The number of carbonyl (C=O) groups excluding carboxylic acids is 1. The van der Waals surface area contributed by atoms with Crippen LogP contribution in [-0.2, 0) is 0 Å². The fourth-order valence-electron chi connectivity index (χ4n) is 1.75. The highest BCUT2D eigenvalue weighted by molar-refractivity contribution is 6.01. The lowest BCUT2D eigenvalue weighted by Crippen LogP contribution is -2.40.